The Morgan fingerprint density at radius 2 is 2.25 bits per heavy atom. The fraction of sp³-hybridized carbons (Fsp3) is 0.688. The Bertz CT molecular complexity index is 511. The minimum atomic E-state index is 0.000522. The largest absolute Gasteiger partial charge is 0.394 e. The van der Waals surface area contributed by atoms with E-state index < -0.39 is 0 Å². The van der Waals surface area contributed by atoms with Gasteiger partial charge in [-0.05, 0) is 43.1 Å². The molecular formula is C16H23NO2S. The minimum Gasteiger partial charge on any atom is -0.394 e. The highest BCUT2D eigenvalue weighted by Gasteiger charge is 2.36. The summed E-state index contributed by atoms with van der Waals surface area (Å²) in [6.45, 7) is 5.27. The maximum absolute atomic E-state index is 12.8. The van der Waals surface area contributed by atoms with Gasteiger partial charge in [0.15, 0.2) is 0 Å². The summed E-state index contributed by atoms with van der Waals surface area (Å²) in [5, 5.41) is 11.6. The standard InChI is InChI=1S/C16H23NO2S/c1-10-3-4-12-13(9-20-15(12)7-10)16(19)17-6-5-11(2)14(17)8-18/h9-11,14,18H,3-8H2,1-2H3. The summed E-state index contributed by atoms with van der Waals surface area (Å²) < 4.78 is 0. The maximum Gasteiger partial charge on any atom is 0.255 e. The Balaban J connectivity index is 1.85. The van der Waals surface area contributed by atoms with Gasteiger partial charge in [0.2, 0.25) is 0 Å². The summed E-state index contributed by atoms with van der Waals surface area (Å²) in [5.41, 5.74) is 2.19. The van der Waals surface area contributed by atoms with Crippen LogP contribution in [0.4, 0.5) is 0 Å². The number of thiophene rings is 1. The predicted molar refractivity (Wildman–Crippen MR) is 81.2 cm³/mol. The van der Waals surface area contributed by atoms with Gasteiger partial charge in [0, 0.05) is 16.8 Å². The van der Waals surface area contributed by atoms with Gasteiger partial charge in [-0.1, -0.05) is 13.8 Å². The molecule has 1 aromatic heterocycles. The molecule has 1 N–H and O–H groups in total. The van der Waals surface area contributed by atoms with Crippen molar-refractivity contribution in [1.82, 2.24) is 4.90 Å². The first-order valence-corrected chi connectivity index (χ1v) is 8.50. The molecule has 0 saturated carbocycles. The molecule has 3 unspecified atom stereocenters. The summed E-state index contributed by atoms with van der Waals surface area (Å²) in [6.07, 6.45) is 4.34. The molecule has 0 aromatic carbocycles. The molecule has 1 aromatic rings. The van der Waals surface area contributed by atoms with E-state index in [4.69, 9.17) is 0 Å². The lowest BCUT2D eigenvalue weighted by atomic mass is 9.88. The molecule has 20 heavy (non-hydrogen) atoms. The van der Waals surface area contributed by atoms with Crippen LogP contribution in [-0.2, 0) is 12.8 Å². The average Bonchev–Trinajstić information content (AvgIpc) is 3.00. The third-order valence-corrected chi connectivity index (χ3v) is 6.01. The van der Waals surface area contributed by atoms with Gasteiger partial charge < -0.3 is 10.0 Å². The fourth-order valence-corrected chi connectivity index (χ4v) is 4.79. The number of aliphatic hydroxyl groups is 1. The Morgan fingerprint density at radius 3 is 3.00 bits per heavy atom. The zero-order valence-electron chi connectivity index (χ0n) is 12.3. The molecule has 1 fully saturated rings. The molecule has 3 atom stereocenters. The second kappa shape index (κ2) is 5.49. The number of carbonyl (C=O) groups excluding carboxylic acids is 1. The van der Waals surface area contributed by atoms with E-state index in [-0.39, 0.29) is 18.6 Å². The van der Waals surface area contributed by atoms with Crippen LogP contribution in [0.25, 0.3) is 0 Å². The van der Waals surface area contributed by atoms with Crippen LogP contribution in [0.3, 0.4) is 0 Å². The van der Waals surface area contributed by atoms with E-state index in [0.717, 1.165) is 37.3 Å². The molecule has 2 aliphatic rings. The monoisotopic (exact) mass is 293 g/mol. The number of amides is 1. The minimum absolute atomic E-state index is 0.000522. The molecule has 0 spiro atoms. The van der Waals surface area contributed by atoms with E-state index in [1.807, 2.05) is 10.3 Å². The second-order valence-corrected chi connectivity index (χ2v) is 7.38. The quantitative estimate of drug-likeness (QED) is 0.911. The van der Waals surface area contributed by atoms with Crippen LogP contribution in [0.1, 0.15) is 47.5 Å². The molecule has 4 heteroatoms. The van der Waals surface area contributed by atoms with E-state index in [2.05, 4.69) is 13.8 Å². The maximum atomic E-state index is 12.8. The highest BCUT2D eigenvalue weighted by atomic mass is 32.1. The van der Waals surface area contributed by atoms with Gasteiger partial charge in [-0.3, -0.25) is 4.79 Å². The highest BCUT2D eigenvalue weighted by molar-refractivity contribution is 7.10. The third kappa shape index (κ3) is 2.29. The molecule has 3 nitrogen and oxygen atoms in total. The lowest BCUT2D eigenvalue weighted by Gasteiger charge is -2.26. The van der Waals surface area contributed by atoms with E-state index in [9.17, 15) is 9.90 Å². The van der Waals surface area contributed by atoms with Gasteiger partial charge in [-0.2, -0.15) is 0 Å². The second-order valence-electron chi connectivity index (χ2n) is 6.41. The first-order chi connectivity index (χ1) is 9.61. The zero-order valence-corrected chi connectivity index (χ0v) is 13.1. The first kappa shape index (κ1) is 14.1. The van der Waals surface area contributed by atoms with Crippen molar-refractivity contribution < 1.29 is 9.90 Å². The summed E-state index contributed by atoms with van der Waals surface area (Å²) in [5.74, 6) is 1.28. The van der Waals surface area contributed by atoms with Crippen LogP contribution in [0.2, 0.25) is 0 Å². The SMILES string of the molecule is CC1CCc2c(C(=O)N3CCC(C)C3CO)csc2C1. The molecular weight excluding hydrogens is 270 g/mol. The third-order valence-electron chi connectivity index (χ3n) is 4.96. The Hall–Kier alpha value is -0.870. The van der Waals surface area contributed by atoms with Crippen molar-refractivity contribution in [2.24, 2.45) is 11.8 Å². The lowest BCUT2D eigenvalue weighted by Crippen LogP contribution is -2.40. The van der Waals surface area contributed by atoms with Crippen molar-refractivity contribution in [3.63, 3.8) is 0 Å². The Labute approximate surface area is 124 Å². The van der Waals surface area contributed by atoms with Crippen LogP contribution in [0.15, 0.2) is 5.38 Å². The molecule has 2 heterocycles. The fourth-order valence-electron chi connectivity index (χ4n) is 3.55. The average molecular weight is 293 g/mol. The van der Waals surface area contributed by atoms with Gasteiger partial charge in [-0.15, -0.1) is 11.3 Å². The molecule has 1 amide bonds. The van der Waals surface area contributed by atoms with Crippen molar-refractivity contribution in [2.75, 3.05) is 13.2 Å². The number of fused-ring (bicyclic) bond motifs is 1. The van der Waals surface area contributed by atoms with Gasteiger partial charge >= 0.3 is 0 Å². The van der Waals surface area contributed by atoms with Crippen LogP contribution in [-0.4, -0.2) is 35.1 Å². The number of carbonyl (C=O) groups is 1. The number of likely N-dealkylation sites (tertiary alicyclic amines) is 1. The van der Waals surface area contributed by atoms with Crippen LogP contribution in [0.5, 0.6) is 0 Å². The van der Waals surface area contributed by atoms with Gasteiger partial charge in [0.05, 0.1) is 18.2 Å². The molecule has 1 saturated heterocycles. The predicted octanol–water partition coefficient (Wildman–Crippen LogP) is 2.72. The van der Waals surface area contributed by atoms with Gasteiger partial charge in [0.1, 0.15) is 0 Å². The van der Waals surface area contributed by atoms with Crippen LogP contribution >= 0.6 is 11.3 Å². The zero-order chi connectivity index (χ0) is 14.3. The highest BCUT2D eigenvalue weighted by Crippen LogP contribution is 2.35. The number of hydrogen-bond donors (Lipinski definition) is 1. The number of aliphatic hydroxyl groups excluding tert-OH is 1. The molecule has 110 valence electrons. The van der Waals surface area contributed by atoms with E-state index in [1.54, 1.807) is 11.3 Å². The van der Waals surface area contributed by atoms with Crippen molar-refractivity contribution in [1.29, 1.82) is 0 Å². The molecule has 0 radical (unpaired) electrons. The molecule has 3 rings (SSSR count). The Kier molecular flexibility index (Phi) is 3.87. The van der Waals surface area contributed by atoms with Crippen LogP contribution in [0, 0.1) is 11.8 Å². The van der Waals surface area contributed by atoms with Crippen molar-refractivity contribution in [3.8, 4) is 0 Å². The van der Waals surface area contributed by atoms with Gasteiger partial charge in [0.25, 0.3) is 5.91 Å². The first-order valence-electron chi connectivity index (χ1n) is 7.63. The lowest BCUT2D eigenvalue weighted by molar-refractivity contribution is 0.0647. The molecule has 1 aliphatic heterocycles. The number of rotatable bonds is 2. The normalized spacial score (nSPS) is 29.6. The van der Waals surface area contributed by atoms with E-state index in [1.165, 1.54) is 16.9 Å². The van der Waals surface area contributed by atoms with Crippen molar-refractivity contribution in [2.45, 2.75) is 45.6 Å². The van der Waals surface area contributed by atoms with Crippen molar-refractivity contribution >= 4 is 17.2 Å². The van der Waals surface area contributed by atoms with E-state index >= 15 is 0 Å². The van der Waals surface area contributed by atoms with Crippen molar-refractivity contribution in [3.05, 3.63) is 21.4 Å². The smallest absolute Gasteiger partial charge is 0.255 e. The summed E-state index contributed by atoms with van der Waals surface area (Å²) in [6, 6.07) is 0.000522. The summed E-state index contributed by atoms with van der Waals surface area (Å²) >= 11 is 1.74. The van der Waals surface area contributed by atoms with Gasteiger partial charge in [-0.25, -0.2) is 0 Å². The number of hydrogen-bond acceptors (Lipinski definition) is 3. The number of nitrogens with zero attached hydrogens (tertiary/aromatic N) is 1. The summed E-state index contributed by atoms with van der Waals surface area (Å²) in [4.78, 5) is 16.1. The molecule has 0 bridgehead atoms. The Morgan fingerprint density at radius 1 is 1.45 bits per heavy atom. The molecule has 1 aliphatic carbocycles. The van der Waals surface area contributed by atoms with E-state index in [0.29, 0.717) is 5.92 Å². The van der Waals surface area contributed by atoms with Crippen LogP contribution < -0.4 is 0 Å². The topological polar surface area (TPSA) is 40.5 Å². The summed E-state index contributed by atoms with van der Waals surface area (Å²) in [7, 11) is 0.